The summed E-state index contributed by atoms with van der Waals surface area (Å²) in [7, 11) is 0. The second-order valence-corrected chi connectivity index (χ2v) is 6.18. The molecule has 24 heavy (non-hydrogen) atoms. The third kappa shape index (κ3) is 1.97. The molecule has 3 aliphatic heterocycles. The number of aliphatic carboxylic acids is 1. The largest absolute Gasteiger partial charge is 0.477 e. The maximum Gasteiger partial charge on any atom is 0.352 e. The molecule has 7 heteroatoms. The molecule has 4 heterocycles. The summed E-state index contributed by atoms with van der Waals surface area (Å²) in [6.07, 6.45) is 6.33. The van der Waals surface area contributed by atoms with Crippen LogP contribution in [-0.4, -0.2) is 56.8 Å². The Morgan fingerprint density at radius 2 is 2.17 bits per heavy atom. The predicted octanol–water partition coefficient (Wildman–Crippen LogP) is 0.505. The van der Waals surface area contributed by atoms with Crippen LogP contribution in [-0.2, 0) is 14.4 Å². The van der Waals surface area contributed by atoms with Crippen molar-refractivity contribution in [3.63, 3.8) is 0 Å². The lowest BCUT2D eigenvalue weighted by Crippen LogP contribution is -2.68. The number of carboxylic acid groups (broad SMARTS) is 1. The van der Waals surface area contributed by atoms with Crippen LogP contribution in [0.5, 0.6) is 0 Å². The third-order valence-electron chi connectivity index (χ3n) is 4.91. The number of aromatic nitrogens is 1. The molecule has 0 bridgehead atoms. The molecule has 2 unspecified atom stereocenters. The molecular formula is C17H15N3O4. The minimum atomic E-state index is -1.12. The Labute approximate surface area is 137 Å². The highest BCUT2D eigenvalue weighted by Gasteiger charge is 2.62. The van der Waals surface area contributed by atoms with Crippen molar-refractivity contribution in [1.29, 1.82) is 0 Å². The van der Waals surface area contributed by atoms with Crippen LogP contribution in [0.3, 0.4) is 0 Å². The summed E-state index contributed by atoms with van der Waals surface area (Å²) in [5, 5.41) is 9.58. The highest BCUT2D eigenvalue weighted by molar-refractivity contribution is 6.01. The predicted molar refractivity (Wildman–Crippen MR) is 83.2 cm³/mol. The molecule has 0 spiro atoms. The molecule has 3 aliphatic rings. The minimum Gasteiger partial charge on any atom is -0.477 e. The van der Waals surface area contributed by atoms with E-state index in [0.29, 0.717) is 30.6 Å². The number of carboxylic acids is 1. The Balaban J connectivity index is 1.71. The van der Waals surface area contributed by atoms with E-state index in [9.17, 15) is 19.5 Å². The van der Waals surface area contributed by atoms with Gasteiger partial charge in [-0.2, -0.15) is 0 Å². The van der Waals surface area contributed by atoms with Gasteiger partial charge >= 0.3 is 5.97 Å². The lowest BCUT2D eigenvalue weighted by Gasteiger charge is -2.49. The summed E-state index contributed by atoms with van der Waals surface area (Å²) in [5.74, 6) is -1.36. The van der Waals surface area contributed by atoms with E-state index in [1.54, 1.807) is 24.4 Å². The van der Waals surface area contributed by atoms with Crippen molar-refractivity contribution in [2.75, 3.05) is 6.54 Å². The fourth-order valence-corrected chi connectivity index (χ4v) is 3.93. The maximum absolute atomic E-state index is 12.3. The Kier molecular flexibility index (Phi) is 3.23. The van der Waals surface area contributed by atoms with E-state index in [2.05, 4.69) is 4.98 Å². The molecule has 3 atom stereocenters. The molecule has 7 nitrogen and oxygen atoms in total. The van der Waals surface area contributed by atoms with Gasteiger partial charge in [0.2, 0.25) is 6.41 Å². The summed E-state index contributed by atoms with van der Waals surface area (Å²) in [6.45, 7) is 0.481. The van der Waals surface area contributed by atoms with Crippen molar-refractivity contribution < 1.29 is 19.5 Å². The van der Waals surface area contributed by atoms with E-state index in [-0.39, 0.29) is 23.6 Å². The summed E-state index contributed by atoms with van der Waals surface area (Å²) in [6, 6.07) is 4.76. The quantitative estimate of drug-likeness (QED) is 0.643. The number of nitrogens with zero attached hydrogens (tertiary/aromatic N) is 3. The Morgan fingerprint density at radius 1 is 1.33 bits per heavy atom. The fraction of sp³-hybridized carbons (Fsp3) is 0.294. The van der Waals surface area contributed by atoms with Gasteiger partial charge in [-0.1, -0.05) is 12.1 Å². The van der Waals surface area contributed by atoms with E-state index in [4.69, 9.17) is 0 Å². The molecule has 2 fully saturated rings. The third-order valence-corrected chi connectivity index (χ3v) is 4.91. The molecule has 0 radical (unpaired) electrons. The average Bonchev–Trinajstić information content (AvgIpc) is 2.95. The van der Waals surface area contributed by atoms with Crippen molar-refractivity contribution in [3.05, 3.63) is 47.4 Å². The molecule has 0 aliphatic carbocycles. The Hall–Kier alpha value is -2.96. The second kappa shape index (κ2) is 5.30. The number of carbonyl (C=O) groups is 3. The van der Waals surface area contributed by atoms with Crippen LogP contribution in [0, 0.1) is 5.92 Å². The molecule has 1 N–H and O–H groups in total. The van der Waals surface area contributed by atoms with Gasteiger partial charge < -0.3 is 10.0 Å². The van der Waals surface area contributed by atoms with E-state index in [0.717, 1.165) is 0 Å². The van der Waals surface area contributed by atoms with Gasteiger partial charge in [-0.15, -0.1) is 0 Å². The van der Waals surface area contributed by atoms with E-state index in [1.165, 1.54) is 9.80 Å². The SMILES string of the molecule is O=CN1CC2CC(/C=C/c3ccccn3)=C(C(=O)O)N3C(=O)C1[C@@H]23. The zero-order valence-electron chi connectivity index (χ0n) is 12.7. The molecule has 1 aromatic rings. The molecule has 1 aromatic heterocycles. The first-order valence-electron chi connectivity index (χ1n) is 7.71. The standard InChI is InChI=1S/C17H15N3O4/c21-9-19-8-11-7-10(4-5-12-3-1-2-6-18-12)14(17(23)24)20-13(11)15(19)16(20)22/h1-6,9,11,13,15H,7-8H2,(H,23,24)/b5-4+/t11?,13-,15?/m1/s1. The van der Waals surface area contributed by atoms with Crippen molar-refractivity contribution >= 4 is 24.4 Å². The number of likely N-dealkylation sites (tertiary alicyclic amines) is 1. The highest BCUT2D eigenvalue weighted by atomic mass is 16.4. The topological polar surface area (TPSA) is 90.8 Å². The zero-order valence-corrected chi connectivity index (χ0v) is 12.7. The number of amides is 2. The van der Waals surface area contributed by atoms with Gasteiger partial charge in [0.1, 0.15) is 11.7 Å². The summed E-state index contributed by atoms with van der Waals surface area (Å²) >= 11 is 0. The van der Waals surface area contributed by atoms with Gasteiger partial charge in [-0.3, -0.25) is 19.5 Å². The number of hydrogen-bond acceptors (Lipinski definition) is 4. The smallest absolute Gasteiger partial charge is 0.352 e. The number of carbonyl (C=O) groups excluding carboxylic acids is 2. The van der Waals surface area contributed by atoms with E-state index < -0.39 is 12.0 Å². The number of allylic oxidation sites excluding steroid dienone is 2. The lowest BCUT2D eigenvalue weighted by atomic mass is 9.79. The van der Waals surface area contributed by atoms with Crippen LogP contribution in [0.15, 0.2) is 41.7 Å². The van der Waals surface area contributed by atoms with Crippen LogP contribution in [0.25, 0.3) is 6.08 Å². The molecule has 122 valence electrons. The number of hydrogen-bond donors (Lipinski definition) is 1. The Bertz CT molecular complexity index is 786. The molecule has 4 rings (SSSR count). The van der Waals surface area contributed by atoms with Crippen LogP contribution < -0.4 is 0 Å². The van der Waals surface area contributed by atoms with Crippen molar-refractivity contribution in [2.45, 2.75) is 18.5 Å². The van der Waals surface area contributed by atoms with Crippen molar-refractivity contribution in [3.8, 4) is 0 Å². The normalized spacial score (nSPS) is 28.2. The number of rotatable bonds is 4. The van der Waals surface area contributed by atoms with E-state index >= 15 is 0 Å². The molecular weight excluding hydrogens is 310 g/mol. The van der Waals surface area contributed by atoms with Crippen molar-refractivity contribution in [1.82, 2.24) is 14.8 Å². The van der Waals surface area contributed by atoms with Gasteiger partial charge in [0, 0.05) is 18.7 Å². The fourth-order valence-electron chi connectivity index (χ4n) is 3.93. The monoisotopic (exact) mass is 325 g/mol. The van der Waals surface area contributed by atoms with Crippen molar-refractivity contribution in [2.24, 2.45) is 5.92 Å². The highest BCUT2D eigenvalue weighted by Crippen LogP contribution is 2.46. The maximum atomic E-state index is 12.3. The first-order chi connectivity index (χ1) is 11.6. The number of pyridine rings is 1. The molecule has 2 amide bonds. The molecule has 0 saturated carbocycles. The summed E-state index contributed by atoms with van der Waals surface area (Å²) < 4.78 is 0. The summed E-state index contributed by atoms with van der Waals surface area (Å²) in [5.41, 5.74) is 1.33. The van der Waals surface area contributed by atoms with Crippen LogP contribution in [0.1, 0.15) is 12.1 Å². The van der Waals surface area contributed by atoms with Crippen LogP contribution in [0.2, 0.25) is 0 Å². The van der Waals surface area contributed by atoms with Gasteiger partial charge in [0.15, 0.2) is 0 Å². The average molecular weight is 325 g/mol. The number of β-lactam (4-membered cyclic amide) rings is 1. The second-order valence-electron chi connectivity index (χ2n) is 6.18. The molecule has 0 aromatic carbocycles. The Morgan fingerprint density at radius 3 is 2.83 bits per heavy atom. The van der Waals surface area contributed by atoms with Crippen LogP contribution in [0.4, 0.5) is 0 Å². The van der Waals surface area contributed by atoms with Crippen LogP contribution >= 0.6 is 0 Å². The van der Waals surface area contributed by atoms with Gasteiger partial charge in [0.05, 0.1) is 11.7 Å². The summed E-state index contributed by atoms with van der Waals surface area (Å²) in [4.78, 5) is 42.2. The van der Waals surface area contributed by atoms with Gasteiger partial charge in [0.25, 0.3) is 5.91 Å². The first kappa shape index (κ1) is 14.6. The minimum absolute atomic E-state index is 0.0254. The van der Waals surface area contributed by atoms with Gasteiger partial charge in [-0.05, 0) is 30.2 Å². The molecule has 2 saturated heterocycles. The van der Waals surface area contributed by atoms with Gasteiger partial charge in [-0.25, -0.2) is 4.79 Å². The zero-order chi connectivity index (χ0) is 16.8. The van der Waals surface area contributed by atoms with E-state index in [1.807, 2.05) is 12.1 Å². The first-order valence-corrected chi connectivity index (χ1v) is 7.71. The lowest BCUT2D eigenvalue weighted by molar-refractivity contribution is -0.158.